The van der Waals surface area contributed by atoms with Gasteiger partial charge in [0.05, 0.1) is 24.6 Å². The Hall–Kier alpha value is -3.43. The van der Waals surface area contributed by atoms with Gasteiger partial charge >= 0.3 is 0 Å². The first-order valence-electron chi connectivity index (χ1n) is 12.4. The Labute approximate surface area is 232 Å². The number of aromatic hydroxyl groups is 1. The van der Waals surface area contributed by atoms with Gasteiger partial charge in [-0.2, -0.15) is 0 Å². The maximum Gasteiger partial charge on any atom is 0.258 e. The molecule has 3 fully saturated rings. The van der Waals surface area contributed by atoms with E-state index in [-0.39, 0.29) is 41.5 Å². The van der Waals surface area contributed by atoms with Gasteiger partial charge in [0.15, 0.2) is 9.75 Å². The molecule has 202 valence electrons. The van der Waals surface area contributed by atoms with Crippen LogP contribution in [0.2, 0.25) is 0 Å². The number of amides is 4. The predicted molar refractivity (Wildman–Crippen MR) is 139 cm³/mol. The van der Waals surface area contributed by atoms with Crippen LogP contribution in [0.1, 0.15) is 24.3 Å². The summed E-state index contributed by atoms with van der Waals surface area (Å²) in [5, 5.41) is 11.1. The molecule has 2 heterocycles. The van der Waals surface area contributed by atoms with E-state index in [0.717, 1.165) is 21.9 Å². The number of likely N-dealkylation sites (tertiary alicyclic amines) is 1. The molecule has 0 spiro atoms. The van der Waals surface area contributed by atoms with Gasteiger partial charge in [0, 0.05) is 18.5 Å². The zero-order valence-corrected chi connectivity index (χ0v) is 22.4. The number of hydrogen-bond donors (Lipinski definition) is 1. The SMILES string of the molecule is COc1cccc(O)c1C1C2=CCC3C(=O)N(C)C(=O)C3C2CC2(Cl)C(=O)N(c3ccc(F)cc3)C(=O)C12Cl. The van der Waals surface area contributed by atoms with Gasteiger partial charge in [0.1, 0.15) is 17.3 Å². The van der Waals surface area contributed by atoms with Crippen LogP contribution in [0.4, 0.5) is 10.1 Å². The summed E-state index contributed by atoms with van der Waals surface area (Å²) in [5.74, 6) is -6.40. The van der Waals surface area contributed by atoms with E-state index in [1.807, 2.05) is 0 Å². The van der Waals surface area contributed by atoms with Crippen molar-refractivity contribution in [1.29, 1.82) is 0 Å². The van der Waals surface area contributed by atoms with Crippen LogP contribution < -0.4 is 9.64 Å². The summed E-state index contributed by atoms with van der Waals surface area (Å²) in [4.78, 5) is 52.2. The lowest BCUT2D eigenvalue weighted by atomic mass is 9.56. The number of carbonyl (C=O) groups excluding carboxylic acids is 4. The molecule has 39 heavy (non-hydrogen) atoms. The number of halogens is 3. The fourth-order valence-electron chi connectivity index (χ4n) is 6.87. The van der Waals surface area contributed by atoms with Gasteiger partial charge in [-0.15, -0.1) is 23.2 Å². The van der Waals surface area contributed by atoms with E-state index in [4.69, 9.17) is 27.9 Å². The number of hydrogen-bond acceptors (Lipinski definition) is 6. The Morgan fingerprint density at radius 1 is 1.00 bits per heavy atom. The number of allylic oxidation sites excluding steroid dienone is 2. The van der Waals surface area contributed by atoms with Crippen LogP contribution in [0.25, 0.3) is 0 Å². The third-order valence-corrected chi connectivity index (χ3v) is 10.1. The average Bonchev–Trinajstić information content (AvgIpc) is 3.22. The number of rotatable bonds is 3. The number of phenols is 1. The normalized spacial score (nSPS) is 33.6. The Morgan fingerprint density at radius 3 is 2.36 bits per heavy atom. The average molecular weight is 573 g/mol. The molecule has 6 unspecified atom stereocenters. The summed E-state index contributed by atoms with van der Waals surface area (Å²) < 4.78 is 19.2. The van der Waals surface area contributed by atoms with Crippen molar-refractivity contribution in [2.75, 3.05) is 19.1 Å². The molecule has 0 aromatic heterocycles. The van der Waals surface area contributed by atoms with Crippen molar-refractivity contribution in [2.45, 2.75) is 28.5 Å². The topological polar surface area (TPSA) is 104 Å². The van der Waals surface area contributed by atoms with Gasteiger partial charge in [0.25, 0.3) is 11.8 Å². The summed E-state index contributed by atoms with van der Waals surface area (Å²) in [6.07, 6.45) is 1.78. The maximum absolute atomic E-state index is 14.2. The summed E-state index contributed by atoms with van der Waals surface area (Å²) in [6, 6.07) is 9.30. The summed E-state index contributed by atoms with van der Waals surface area (Å²) in [5.41, 5.74) is 0.744. The van der Waals surface area contributed by atoms with Gasteiger partial charge in [-0.25, -0.2) is 9.29 Å². The molecular formula is C28H23Cl2FN2O6. The number of nitrogens with zero attached hydrogens (tertiary/aromatic N) is 2. The molecular weight excluding hydrogens is 550 g/mol. The number of imide groups is 2. The maximum atomic E-state index is 14.2. The van der Waals surface area contributed by atoms with E-state index >= 15 is 0 Å². The molecule has 0 radical (unpaired) electrons. The highest BCUT2D eigenvalue weighted by molar-refractivity contribution is 6.58. The molecule has 0 bridgehead atoms. The summed E-state index contributed by atoms with van der Waals surface area (Å²) in [6.45, 7) is 0. The van der Waals surface area contributed by atoms with E-state index < -0.39 is 57.0 Å². The Bertz CT molecular complexity index is 1500. The zero-order chi connectivity index (χ0) is 28.0. The molecule has 1 saturated carbocycles. The van der Waals surface area contributed by atoms with E-state index in [1.165, 1.54) is 32.4 Å². The Kier molecular flexibility index (Phi) is 5.65. The fraction of sp³-hybridized carbons (Fsp3) is 0.357. The van der Waals surface area contributed by atoms with E-state index in [0.29, 0.717) is 5.57 Å². The van der Waals surface area contributed by atoms with Crippen molar-refractivity contribution in [3.05, 3.63) is 65.5 Å². The lowest BCUT2D eigenvalue weighted by Crippen LogP contribution is -2.60. The molecule has 4 aliphatic rings. The first-order chi connectivity index (χ1) is 18.5. The molecule has 2 aliphatic heterocycles. The third-order valence-electron chi connectivity index (χ3n) is 8.67. The molecule has 11 heteroatoms. The number of ether oxygens (including phenoxy) is 1. The number of fused-ring (bicyclic) bond motifs is 4. The Morgan fingerprint density at radius 2 is 1.69 bits per heavy atom. The number of alkyl halides is 2. The second-order valence-electron chi connectivity index (χ2n) is 10.4. The van der Waals surface area contributed by atoms with Gasteiger partial charge in [-0.1, -0.05) is 17.7 Å². The Balaban J connectivity index is 1.62. The largest absolute Gasteiger partial charge is 0.508 e. The molecule has 2 aromatic rings. The van der Waals surface area contributed by atoms with Crippen molar-refractivity contribution in [3.63, 3.8) is 0 Å². The van der Waals surface area contributed by atoms with Crippen LogP contribution >= 0.6 is 23.2 Å². The van der Waals surface area contributed by atoms with Gasteiger partial charge in [-0.3, -0.25) is 24.1 Å². The van der Waals surface area contributed by atoms with Crippen LogP contribution in [0, 0.1) is 23.6 Å². The lowest BCUT2D eigenvalue weighted by molar-refractivity contribution is -0.138. The van der Waals surface area contributed by atoms with E-state index in [1.54, 1.807) is 18.2 Å². The third kappa shape index (κ3) is 3.17. The van der Waals surface area contributed by atoms with Crippen molar-refractivity contribution in [1.82, 2.24) is 4.90 Å². The fourth-order valence-corrected chi connectivity index (χ4v) is 7.79. The first-order valence-corrected chi connectivity index (χ1v) is 13.1. The second-order valence-corrected chi connectivity index (χ2v) is 11.6. The minimum absolute atomic E-state index is 0.0746. The zero-order valence-electron chi connectivity index (χ0n) is 20.9. The monoisotopic (exact) mass is 572 g/mol. The first kappa shape index (κ1) is 25.8. The predicted octanol–water partition coefficient (Wildman–Crippen LogP) is 3.73. The second kappa shape index (κ2) is 8.53. The molecule has 8 nitrogen and oxygen atoms in total. The standard InChI is InChI=1S/C28H23Cl2FN2O6/c1-32-23(35)16-11-10-15-17(20(16)24(32)36)12-27(29)25(37)33(14-8-6-13(31)7-9-14)26(38)28(27,30)22(15)21-18(34)4-3-5-19(21)39-2/h3-10,16-17,20,22,34H,11-12H2,1-2H3. The molecule has 2 saturated heterocycles. The van der Waals surface area contributed by atoms with Crippen LogP contribution in [0.15, 0.2) is 54.1 Å². The number of anilines is 1. The van der Waals surface area contributed by atoms with Gasteiger partial charge in [0.2, 0.25) is 11.8 Å². The number of carbonyl (C=O) groups is 4. The van der Waals surface area contributed by atoms with E-state index in [9.17, 15) is 28.7 Å². The number of phenolic OH excluding ortho intramolecular Hbond substituents is 1. The molecule has 2 aliphatic carbocycles. The van der Waals surface area contributed by atoms with E-state index in [2.05, 4.69) is 0 Å². The molecule has 6 rings (SSSR count). The molecule has 6 atom stereocenters. The van der Waals surface area contributed by atoms with Gasteiger partial charge in [-0.05, 0) is 55.2 Å². The highest BCUT2D eigenvalue weighted by Gasteiger charge is 2.77. The highest BCUT2D eigenvalue weighted by Crippen LogP contribution is 2.67. The summed E-state index contributed by atoms with van der Waals surface area (Å²) >= 11 is 14.5. The van der Waals surface area contributed by atoms with Crippen LogP contribution in [-0.2, 0) is 19.2 Å². The van der Waals surface area contributed by atoms with Crippen LogP contribution in [-0.4, -0.2) is 57.5 Å². The van der Waals surface area contributed by atoms with Crippen molar-refractivity contribution in [3.8, 4) is 11.5 Å². The molecule has 4 amide bonds. The van der Waals surface area contributed by atoms with Crippen molar-refractivity contribution < 1.29 is 33.4 Å². The summed E-state index contributed by atoms with van der Waals surface area (Å²) in [7, 11) is 2.80. The molecule has 2 aromatic carbocycles. The van der Waals surface area contributed by atoms with Crippen molar-refractivity contribution in [2.24, 2.45) is 17.8 Å². The smallest absolute Gasteiger partial charge is 0.258 e. The lowest BCUT2D eigenvalue weighted by Gasteiger charge is -2.50. The highest BCUT2D eigenvalue weighted by atomic mass is 35.5. The van der Waals surface area contributed by atoms with Crippen LogP contribution in [0.3, 0.4) is 0 Å². The van der Waals surface area contributed by atoms with Crippen LogP contribution in [0.5, 0.6) is 11.5 Å². The van der Waals surface area contributed by atoms with Gasteiger partial charge < -0.3 is 9.84 Å². The minimum atomic E-state index is -2.15. The quantitative estimate of drug-likeness (QED) is 0.341. The van der Waals surface area contributed by atoms with Crippen molar-refractivity contribution >= 4 is 52.5 Å². The number of benzene rings is 2. The molecule has 1 N–H and O–H groups in total. The number of methoxy groups -OCH3 is 1. The minimum Gasteiger partial charge on any atom is -0.508 e.